The second-order valence-electron chi connectivity index (χ2n) is 5.53. The van der Waals surface area contributed by atoms with Crippen molar-refractivity contribution >= 4 is 28.9 Å². The van der Waals surface area contributed by atoms with Crippen molar-refractivity contribution in [1.82, 2.24) is 9.80 Å². The highest BCUT2D eigenvalue weighted by Crippen LogP contribution is 2.22. The zero-order valence-corrected chi connectivity index (χ0v) is 13.2. The van der Waals surface area contributed by atoms with Gasteiger partial charge >= 0.3 is 0 Å². The number of nitrogens with zero attached hydrogens (tertiary/aromatic N) is 2. The lowest BCUT2D eigenvalue weighted by atomic mass is 10.2. The number of benzene rings is 1. The van der Waals surface area contributed by atoms with Crippen LogP contribution in [-0.4, -0.2) is 55.5 Å². The van der Waals surface area contributed by atoms with Gasteiger partial charge in [-0.2, -0.15) is 0 Å². The van der Waals surface area contributed by atoms with Crippen molar-refractivity contribution in [3.8, 4) is 0 Å². The molecule has 0 saturated carbocycles. The van der Waals surface area contributed by atoms with E-state index in [1.807, 2.05) is 0 Å². The third-order valence-corrected chi connectivity index (χ3v) is 4.00. The minimum absolute atomic E-state index is 0.00171. The van der Waals surface area contributed by atoms with Crippen LogP contribution in [0.25, 0.3) is 0 Å². The fourth-order valence-electron chi connectivity index (χ4n) is 2.39. The monoisotopic (exact) mass is 310 g/mol. The predicted molar refractivity (Wildman–Crippen MR) is 87.7 cm³/mol. The Labute approximate surface area is 131 Å². The van der Waals surface area contributed by atoms with Gasteiger partial charge in [0.25, 0.3) is 0 Å². The number of nitrogens with one attached hydrogen (secondary N) is 1. The maximum Gasteiger partial charge on any atom is 0.224 e. The van der Waals surface area contributed by atoms with Gasteiger partial charge in [-0.05, 0) is 38.2 Å². The second-order valence-corrected chi connectivity index (χ2v) is 5.96. The maximum absolute atomic E-state index is 11.9. The highest BCUT2D eigenvalue weighted by molar-refractivity contribution is 6.31. The molecule has 1 amide bonds. The van der Waals surface area contributed by atoms with Crippen molar-refractivity contribution in [2.24, 2.45) is 0 Å². The first-order valence-corrected chi connectivity index (χ1v) is 7.68. The quantitative estimate of drug-likeness (QED) is 0.815. The molecule has 2 rings (SSSR count). The lowest BCUT2D eigenvalue weighted by Gasteiger charge is -2.32. The second kappa shape index (κ2) is 7.64. The molecule has 0 unspecified atom stereocenters. The summed E-state index contributed by atoms with van der Waals surface area (Å²) in [5.74, 6) is -0.00171. The highest BCUT2D eigenvalue weighted by atomic mass is 35.5. The lowest BCUT2D eigenvalue weighted by Crippen LogP contribution is -2.44. The third kappa shape index (κ3) is 5.19. The Hall–Kier alpha value is -1.30. The molecule has 6 heteroatoms. The van der Waals surface area contributed by atoms with Crippen molar-refractivity contribution < 1.29 is 4.79 Å². The number of anilines is 2. The van der Waals surface area contributed by atoms with Crippen LogP contribution in [-0.2, 0) is 4.79 Å². The Morgan fingerprint density at radius 1 is 1.33 bits per heavy atom. The van der Waals surface area contributed by atoms with Crippen molar-refractivity contribution in [3.63, 3.8) is 0 Å². The first-order chi connectivity index (χ1) is 10.0. The topological polar surface area (TPSA) is 61.6 Å². The molecule has 21 heavy (non-hydrogen) atoms. The fourth-order valence-corrected chi connectivity index (χ4v) is 2.58. The van der Waals surface area contributed by atoms with Crippen molar-refractivity contribution in [3.05, 3.63) is 23.2 Å². The van der Waals surface area contributed by atoms with E-state index in [-0.39, 0.29) is 5.91 Å². The Balaban J connectivity index is 1.70. The zero-order valence-electron chi connectivity index (χ0n) is 12.4. The van der Waals surface area contributed by atoms with E-state index in [9.17, 15) is 4.79 Å². The Kier molecular flexibility index (Phi) is 5.85. The Bertz CT molecular complexity index is 487. The summed E-state index contributed by atoms with van der Waals surface area (Å²) in [6.45, 7) is 5.35. The standard InChI is InChI=1S/C15H23ClN4O/c1-19-7-9-20(10-8-19)6-2-3-15(21)18-14-5-4-12(16)11-13(14)17/h4-5,11H,2-3,6-10,17H2,1H3,(H,18,21). The fraction of sp³-hybridized carbons (Fsp3) is 0.533. The summed E-state index contributed by atoms with van der Waals surface area (Å²) in [7, 11) is 2.14. The molecule has 1 aromatic carbocycles. The van der Waals surface area contributed by atoms with Gasteiger partial charge < -0.3 is 20.9 Å². The number of likely N-dealkylation sites (N-methyl/N-ethyl adjacent to an activating group) is 1. The van der Waals surface area contributed by atoms with E-state index >= 15 is 0 Å². The molecular formula is C15H23ClN4O. The minimum atomic E-state index is -0.00171. The van der Waals surface area contributed by atoms with Crippen molar-refractivity contribution in [1.29, 1.82) is 0 Å². The summed E-state index contributed by atoms with van der Waals surface area (Å²) in [5.41, 5.74) is 6.94. The normalized spacial score (nSPS) is 16.9. The molecule has 1 saturated heterocycles. The number of piperazine rings is 1. The molecule has 116 valence electrons. The van der Waals surface area contributed by atoms with Crippen LogP contribution in [0.3, 0.4) is 0 Å². The number of carbonyl (C=O) groups excluding carboxylic acids is 1. The van der Waals surface area contributed by atoms with E-state index in [0.717, 1.165) is 39.1 Å². The zero-order chi connectivity index (χ0) is 15.2. The number of hydrogen-bond acceptors (Lipinski definition) is 4. The van der Waals surface area contributed by atoms with E-state index in [1.165, 1.54) is 0 Å². The summed E-state index contributed by atoms with van der Waals surface area (Å²) >= 11 is 5.83. The van der Waals surface area contributed by atoms with Gasteiger partial charge in [0, 0.05) is 37.6 Å². The van der Waals surface area contributed by atoms with Gasteiger partial charge in [0.1, 0.15) is 0 Å². The number of amides is 1. The molecule has 1 aromatic rings. The van der Waals surface area contributed by atoms with Gasteiger partial charge in [-0.15, -0.1) is 0 Å². The van der Waals surface area contributed by atoms with Crippen LogP contribution in [0, 0.1) is 0 Å². The number of carbonyl (C=O) groups is 1. The van der Waals surface area contributed by atoms with Crippen LogP contribution < -0.4 is 11.1 Å². The van der Waals surface area contributed by atoms with Crippen molar-refractivity contribution in [2.75, 3.05) is 50.8 Å². The molecule has 1 heterocycles. The molecule has 3 N–H and O–H groups in total. The van der Waals surface area contributed by atoms with Crippen LogP contribution in [0.4, 0.5) is 11.4 Å². The van der Waals surface area contributed by atoms with Crippen LogP contribution >= 0.6 is 11.6 Å². The minimum Gasteiger partial charge on any atom is -0.397 e. The molecule has 1 aliphatic rings. The third-order valence-electron chi connectivity index (χ3n) is 3.76. The lowest BCUT2D eigenvalue weighted by molar-refractivity contribution is -0.116. The van der Waals surface area contributed by atoms with E-state index in [1.54, 1.807) is 18.2 Å². The van der Waals surface area contributed by atoms with Gasteiger partial charge in [-0.1, -0.05) is 11.6 Å². The van der Waals surface area contributed by atoms with Crippen LogP contribution in [0.15, 0.2) is 18.2 Å². The molecular weight excluding hydrogens is 288 g/mol. The number of halogens is 1. The van der Waals surface area contributed by atoms with Gasteiger partial charge in [0.15, 0.2) is 0 Å². The molecule has 0 radical (unpaired) electrons. The Morgan fingerprint density at radius 2 is 2.05 bits per heavy atom. The maximum atomic E-state index is 11.9. The van der Waals surface area contributed by atoms with Crippen LogP contribution in [0.2, 0.25) is 5.02 Å². The van der Waals surface area contributed by atoms with Crippen molar-refractivity contribution in [2.45, 2.75) is 12.8 Å². The number of hydrogen-bond donors (Lipinski definition) is 2. The predicted octanol–water partition coefficient (Wildman–Crippen LogP) is 1.89. The average Bonchev–Trinajstić information content (AvgIpc) is 2.44. The number of nitrogens with two attached hydrogens (primary N) is 1. The van der Waals surface area contributed by atoms with E-state index < -0.39 is 0 Å². The molecule has 0 atom stereocenters. The van der Waals surface area contributed by atoms with E-state index in [2.05, 4.69) is 22.2 Å². The van der Waals surface area contributed by atoms with E-state index in [4.69, 9.17) is 17.3 Å². The smallest absolute Gasteiger partial charge is 0.224 e. The highest BCUT2D eigenvalue weighted by Gasteiger charge is 2.13. The summed E-state index contributed by atoms with van der Waals surface area (Å²) in [5, 5.41) is 3.40. The molecule has 0 aliphatic carbocycles. The van der Waals surface area contributed by atoms with Crippen LogP contribution in [0.1, 0.15) is 12.8 Å². The summed E-state index contributed by atoms with van der Waals surface area (Å²) in [6.07, 6.45) is 1.37. The molecule has 0 aromatic heterocycles. The first kappa shape index (κ1) is 16.1. The molecule has 5 nitrogen and oxygen atoms in total. The summed E-state index contributed by atoms with van der Waals surface area (Å²) in [4.78, 5) is 16.6. The molecule has 1 aliphatic heterocycles. The summed E-state index contributed by atoms with van der Waals surface area (Å²) in [6, 6.07) is 5.09. The van der Waals surface area contributed by atoms with Crippen LogP contribution in [0.5, 0.6) is 0 Å². The molecule has 1 fully saturated rings. The van der Waals surface area contributed by atoms with Gasteiger partial charge in [0.2, 0.25) is 5.91 Å². The van der Waals surface area contributed by atoms with Gasteiger partial charge in [0.05, 0.1) is 11.4 Å². The Morgan fingerprint density at radius 3 is 2.71 bits per heavy atom. The number of nitrogen functional groups attached to an aromatic ring is 1. The van der Waals surface area contributed by atoms with E-state index in [0.29, 0.717) is 22.8 Å². The number of rotatable bonds is 5. The van der Waals surface area contributed by atoms with Gasteiger partial charge in [-0.3, -0.25) is 4.79 Å². The first-order valence-electron chi connectivity index (χ1n) is 7.30. The SMILES string of the molecule is CN1CCN(CCCC(=O)Nc2ccc(Cl)cc2N)CC1. The average molecular weight is 311 g/mol. The molecule has 0 bridgehead atoms. The van der Waals surface area contributed by atoms with Gasteiger partial charge in [-0.25, -0.2) is 0 Å². The summed E-state index contributed by atoms with van der Waals surface area (Å²) < 4.78 is 0. The largest absolute Gasteiger partial charge is 0.397 e. The molecule has 0 spiro atoms.